The van der Waals surface area contributed by atoms with Gasteiger partial charge in [0.25, 0.3) is 0 Å². The Morgan fingerprint density at radius 2 is 2.26 bits per heavy atom. The van der Waals surface area contributed by atoms with E-state index in [9.17, 15) is 4.39 Å². The number of piperidine rings is 1. The first-order chi connectivity index (χ1) is 11.1. The van der Waals surface area contributed by atoms with Crippen molar-refractivity contribution in [3.8, 4) is 11.4 Å². The van der Waals surface area contributed by atoms with Gasteiger partial charge in [-0.2, -0.15) is 4.98 Å². The second-order valence-electron chi connectivity index (χ2n) is 6.22. The molecule has 1 aromatic heterocycles. The topological polar surface area (TPSA) is 54.2 Å². The third-order valence-electron chi connectivity index (χ3n) is 4.64. The van der Waals surface area contributed by atoms with Crippen molar-refractivity contribution in [1.82, 2.24) is 20.4 Å². The molecular weight excluding hydrogens is 295 g/mol. The maximum Gasteiger partial charge on any atom is 0.244 e. The molecule has 5 nitrogen and oxygen atoms in total. The number of benzene rings is 1. The molecule has 6 heteroatoms. The molecule has 0 bridgehead atoms. The molecule has 1 aliphatic rings. The van der Waals surface area contributed by atoms with Crippen LogP contribution in [0.5, 0.6) is 0 Å². The second kappa shape index (κ2) is 6.76. The Morgan fingerprint density at radius 3 is 3.00 bits per heavy atom. The molecule has 1 N–H and O–H groups in total. The van der Waals surface area contributed by atoms with Crippen LogP contribution < -0.4 is 5.32 Å². The van der Waals surface area contributed by atoms with Crippen LogP contribution in [-0.2, 0) is 0 Å². The van der Waals surface area contributed by atoms with E-state index in [0.717, 1.165) is 19.5 Å². The lowest BCUT2D eigenvalue weighted by atomic mass is 10.0. The third-order valence-corrected chi connectivity index (χ3v) is 4.64. The third kappa shape index (κ3) is 3.43. The highest BCUT2D eigenvalue weighted by atomic mass is 19.1. The highest BCUT2D eigenvalue weighted by Crippen LogP contribution is 2.26. The van der Waals surface area contributed by atoms with E-state index in [4.69, 9.17) is 4.52 Å². The van der Waals surface area contributed by atoms with Gasteiger partial charge in [0.1, 0.15) is 5.82 Å². The molecule has 0 aliphatic carbocycles. The Labute approximate surface area is 135 Å². The summed E-state index contributed by atoms with van der Waals surface area (Å²) in [5.41, 5.74) is 1.25. The monoisotopic (exact) mass is 318 g/mol. The number of nitrogens with zero attached hydrogens (tertiary/aromatic N) is 3. The smallest absolute Gasteiger partial charge is 0.244 e. The predicted octanol–water partition coefficient (Wildman–Crippen LogP) is 2.93. The summed E-state index contributed by atoms with van der Waals surface area (Å²) in [4.78, 5) is 6.82. The zero-order chi connectivity index (χ0) is 16.4. The van der Waals surface area contributed by atoms with Gasteiger partial charge in [-0.05, 0) is 51.9 Å². The lowest BCUT2D eigenvalue weighted by Crippen LogP contribution is -2.45. The number of rotatable bonds is 4. The summed E-state index contributed by atoms with van der Waals surface area (Å²) in [6.07, 6.45) is 2.34. The van der Waals surface area contributed by atoms with E-state index in [1.54, 1.807) is 13.0 Å². The van der Waals surface area contributed by atoms with Crippen molar-refractivity contribution < 1.29 is 8.91 Å². The predicted molar refractivity (Wildman–Crippen MR) is 86.5 cm³/mol. The molecule has 0 radical (unpaired) electrons. The number of likely N-dealkylation sites (N-methyl/N-ethyl adjacent to an activating group) is 1. The van der Waals surface area contributed by atoms with Gasteiger partial charge >= 0.3 is 0 Å². The molecule has 124 valence electrons. The van der Waals surface area contributed by atoms with Crippen LogP contribution >= 0.6 is 0 Å². The average Bonchev–Trinajstić information content (AvgIpc) is 3.06. The summed E-state index contributed by atoms with van der Waals surface area (Å²) >= 11 is 0. The fourth-order valence-electron chi connectivity index (χ4n) is 3.00. The van der Waals surface area contributed by atoms with Gasteiger partial charge in [0, 0.05) is 18.2 Å². The number of likely N-dealkylation sites (tertiary alicyclic amines) is 1. The van der Waals surface area contributed by atoms with Gasteiger partial charge in [-0.1, -0.05) is 17.3 Å². The summed E-state index contributed by atoms with van der Waals surface area (Å²) in [5, 5.41) is 7.35. The van der Waals surface area contributed by atoms with E-state index in [1.807, 2.05) is 13.1 Å². The van der Waals surface area contributed by atoms with Crippen molar-refractivity contribution in [2.75, 3.05) is 20.1 Å². The van der Waals surface area contributed by atoms with Crippen LogP contribution in [0.25, 0.3) is 11.4 Å². The number of hydrogen-bond donors (Lipinski definition) is 1. The van der Waals surface area contributed by atoms with Crippen LogP contribution in [0.3, 0.4) is 0 Å². The van der Waals surface area contributed by atoms with Gasteiger partial charge < -0.3 is 9.84 Å². The van der Waals surface area contributed by atoms with Crippen molar-refractivity contribution in [3.05, 3.63) is 35.5 Å². The van der Waals surface area contributed by atoms with Gasteiger partial charge in [-0.25, -0.2) is 4.39 Å². The molecule has 2 atom stereocenters. The number of halogens is 1. The van der Waals surface area contributed by atoms with Gasteiger partial charge in [-0.3, -0.25) is 4.90 Å². The summed E-state index contributed by atoms with van der Waals surface area (Å²) in [6.45, 7) is 5.80. The lowest BCUT2D eigenvalue weighted by Gasteiger charge is -2.35. The summed E-state index contributed by atoms with van der Waals surface area (Å²) < 4.78 is 19.1. The minimum atomic E-state index is -0.255. The van der Waals surface area contributed by atoms with Crippen LogP contribution in [0.2, 0.25) is 0 Å². The standard InChI is InChI=1S/C17H23FN4O/c1-11-6-7-13(9-15(11)18)16-20-17(23-21-16)12(2)22-8-4-5-14(10-22)19-3/h6-7,9,12,14,19H,4-5,8,10H2,1-3H3. The van der Waals surface area contributed by atoms with Crippen molar-refractivity contribution in [1.29, 1.82) is 0 Å². The van der Waals surface area contributed by atoms with Crippen LogP contribution in [0.1, 0.15) is 37.3 Å². The van der Waals surface area contributed by atoms with Gasteiger partial charge in [0.2, 0.25) is 11.7 Å². The minimum Gasteiger partial charge on any atom is -0.337 e. The van der Waals surface area contributed by atoms with E-state index < -0.39 is 0 Å². The Kier molecular flexibility index (Phi) is 4.73. The van der Waals surface area contributed by atoms with Crippen LogP contribution in [-0.4, -0.2) is 41.2 Å². The fraction of sp³-hybridized carbons (Fsp3) is 0.529. The van der Waals surface area contributed by atoms with E-state index >= 15 is 0 Å². The molecule has 1 saturated heterocycles. The Morgan fingerprint density at radius 1 is 1.43 bits per heavy atom. The van der Waals surface area contributed by atoms with Crippen molar-refractivity contribution in [3.63, 3.8) is 0 Å². The molecule has 0 spiro atoms. The molecule has 0 saturated carbocycles. The molecule has 2 unspecified atom stereocenters. The van der Waals surface area contributed by atoms with E-state index in [0.29, 0.717) is 28.9 Å². The van der Waals surface area contributed by atoms with Gasteiger partial charge in [0.05, 0.1) is 6.04 Å². The number of nitrogens with one attached hydrogen (secondary N) is 1. The zero-order valence-electron chi connectivity index (χ0n) is 13.8. The minimum absolute atomic E-state index is 0.0581. The van der Waals surface area contributed by atoms with Crippen LogP contribution in [0, 0.1) is 12.7 Å². The molecule has 1 fully saturated rings. The highest BCUT2D eigenvalue weighted by Gasteiger charge is 2.27. The maximum absolute atomic E-state index is 13.7. The van der Waals surface area contributed by atoms with Crippen molar-refractivity contribution >= 4 is 0 Å². The van der Waals surface area contributed by atoms with E-state index in [2.05, 4.69) is 27.3 Å². The number of hydrogen-bond acceptors (Lipinski definition) is 5. The SMILES string of the molecule is CNC1CCCN(C(C)c2nc(-c3ccc(C)c(F)c3)no2)C1. The molecule has 23 heavy (non-hydrogen) atoms. The van der Waals surface area contributed by atoms with Crippen LogP contribution in [0.15, 0.2) is 22.7 Å². The zero-order valence-corrected chi connectivity index (χ0v) is 13.8. The highest BCUT2D eigenvalue weighted by molar-refractivity contribution is 5.54. The average molecular weight is 318 g/mol. The largest absolute Gasteiger partial charge is 0.337 e. The van der Waals surface area contributed by atoms with Crippen LogP contribution in [0.4, 0.5) is 4.39 Å². The molecule has 3 rings (SSSR count). The fourth-order valence-corrected chi connectivity index (χ4v) is 3.00. The quantitative estimate of drug-likeness (QED) is 0.939. The van der Waals surface area contributed by atoms with Gasteiger partial charge in [0.15, 0.2) is 0 Å². The summed E-state index contributed by atoms with van der Waals surface area (Å²) in [6, 6.07) is 5.55. The maximum atomic E-state index is 13.7. The summed E-state index contributed by atoms with van der Waals surface area (Å²) in [5.74, 6) is 0.764. The molecule has 1 aromatic carbocycles. The Balaban J connectivity index is 1.76. The van der Waals surface area contributed by atoms with Crippen molar-refractivity contribution in [2.45, 2.75) is 38.8 Å². The van der Waals surface area contributed by atoms with E-state index in [1.165, 1.54) is 12.5 Å². The second-order valence-corrected chi connectivity index (χ2v) is 6.22. The Hall–Kier alpha value is -1.79. The normalized spacial score (nSPS) is 20.6. The molecule has 1 aliphatic heterocycles. The Bertz CT molecular complexity index is 672. The lowest BCUT2D eigenvalue weighted by molar-refractivity contribution is 0.126. The molecule has 2 heterocycles. The number of aryl methyl sites for hydroxylation is 1. The number of aromatic nitrogens is 2. The van der Waals surface area contributed by atoms with Gasteiger partial charge in [-0.15, -0.1) is 0 Å². The molecule has 0 amide bonds. The first-order valence-electron chi connectivity index (χ1n) is 8.10. The van der Waals surface area contributed by atoms with E-state index in [-0.39, 0.29) is 11.9 Å². The molecule has 2 aromatic rings. The molecular formula is C17H23FN4O. The first kappa shape index (κ1) is 16.1. The first-order valence-corrected chi connectivity index (χ1v) is 8.10. The van der Waals surface area contributed by atoms with Crippen molar-refractivity contribution in [2.24, 2.45) is 0 Å². The summed E-state index contributed by atoms with van der Waals surface area (Å²) in [7, 11) is 2.00.